The van der Waals surface area contributed by atoms with Crippen LogP contribution in [-0.4, -0.2) is 36.5 Å². The number of amides is 1. The summed E-state index contributed by atoms with van der Waals surface area (Å²) in [6.45, 7) is 7.57. The molecule has 1 saturated carbocycles. The molecule has 1 atom stereocenters. The number of rotatable bonds is 5. The van der Waals surface area contributed by atoms with Crippen LogP contribution in [-0.2, 0) is 11.3 Å². The van der Waals surface area contributed by atoms with Crippen LogP contribution >= 0.6 is 0 Å². The van der Waals surface area contributed by atoms with E-state index in [-0.39, 0.29) is 12.0 Å². The highest BCUT2D eigenvalue weighted by Crippen LogP contribution is 2.28. The fraction of sp³-hybridized carbons (Fsp3) is 0.611. The van der Waals surface area contributed by atoms with Gasteiger partial charge in [-0.25, -0.2) is 0 Å². The van der Waals surface area contributed by atoms with Gasteiger partial charge < -0.3 is 10.1 Å². The number of carbonyl (C=O) groups is 1. The summed E-state index contributed by atoms with van der Waals surface area (Å²) in [7, 11) is 0. The minimum Gasteiger partial charge on any atom is -0.489 e. The van der Waals surface area contributed by atoms with Crippen LogP contribution in [0.2, 0.25) is 0 Å². The molecule has 4 nitrogen and oxygen atoms in total. The van der Waals surface area contributed by atoms with Gasteiger partial charge in [0.2, 0.25) is 5.91 Å². The van der Waals surface area contributed by atoms with E-state index in [9.17, 15) is 4.79 Å². The summed E-state index contributed by atoms with van der Waals surface area (Å²) >= 11 is 0. The van der Waals surface area contributed by atoms with Crippen LogP contribution in [0.5, 0.6) is 5.75 Å². The monoisotopic (exact) mass is 302 g/mol. The molecule has 0 radical (unpaired) electrons. The first-order valence-corrected chi connectivity index (χ1v) is 8.35. The van der Waals surface area contributed by atoms with Crippen molar-refractivity contribution in [3.63, 3.8) is 0 Å². The van der Waals surface area contributed by atoms with Crippen molar-refractivity contribution in [1.82, 2.24) is 10.2 Å². The molecule has 1 aromatic rings. The Morgan fingerprint density at radius 3 is 3.00 bits per heavy atom. The molecule has 1 aromatic carbocycles. The first-order chi connectivity index (χ1) is 10.6. The molecule has 1 fully saturated rings. The van der Waals surface area contributed by atoms with Crippen molar-refractivity contribution in [2.24, 2.45) is 5.92 Å². The summed E-state index contributed by atoms with van der Waals surface area (Å²) in [4.78, 5) is 14.2. The van der Waals surface area contributed by atoms with E-state index in [1.807, 2.05) is 0 Å². The second kappa shape index (κ2) is 6.69. The average molecular weight is 302 g/mol. The molecule has 0 unspecified atom stereocenters. The molecule has 0 saturated heterocycles. The highest BCUT2D eigenvalue weighted by atomic mass is 16.5. The summed E-state index contributed by atoms with van der Waals surface area (Å²) < 4.78 is 5.99. The first kappa shape index (κ1) is 15.3. The molecule has 3 rings (SSSR count). The zero-order valence-corrected chi connectivity index (χ0v) is 13.6. The highest BCUT2D eigenvalue weighted by Gasteiger charge is 2.23. The smallest absolute Gasteiger partial charge is 0.221 e. The van der Waals surface area contributed by atoms with E-state index in [1.165, 1.54) is 24.0 Å². The first-order valence-electron chi connectivity index (χ1n) is 8.35. The second-order valence-electron chi connectivity index (χ2n) is 6.77. The Hall–Kier alpha value is -1.55. The summed E-state index contributed by atoms with van der Waals surface area (Å²) in [6.07, 6.45) is 3.27. The van der Waals surface area contributed by atoms with Gasteiger partial charge in [0.15, 0.2) is 0 Å². The van der Waals surface area contributed by atoms with Gasteiger partial charge in [-0.3, -0.25) is 9.69 Å². The number of hydrogen-bond acceptors (Lipinski definition) is 3. The number of hydrogen-bond donors (Lipinski definition) is 1. The number of nitrogens with one attached hydrogen (secondary N) is 1. The molecule has 1 aliphatic heterocycles. The van der Waals surface area contributed by atoms with Crippen molar-refractivity contribution < 1.29 is 9.53 Å². The lowest BCUT2D eigenvalue weighted by atomic mass is 10.1. The lowest BCUT2D eigenvalue weighted by Gasteiger charge is -2.21. The topological polar surface area (TPSA) is 41.6 Å². The Labute approximate surface area is 132 Å². The number of nitrogens with zero attached hydrogens (tertiary/aromatic N) is 1. The van der Waals surface area contributed by atoms with Crippen LogP contribution < -0.4 is 10.1 Å². The van der Waals surface area contributed by atoms with Crippen LogP contribution in [0.25, 0.3) is 0 Å². The van der Waals surface area contributed by atoms with E-state index in [4.69, 9.17) is 4.74 Å². The minimum atomic E-state index is 0.151. The molecule has 22 heavy (non-hydrogen) atoms. The van der Waals surface area contributed by atoms with Crippen molar-refractivity contribution >= 4 is 5.91 Å². The van der Waals surface area contributed by atoms with E-state index in [2.05, 4.69) is 42.3 Å². The van der Waals surface area contributed by atoms with Crippen LogP contribution in [0.3, 0.4) is 0 Å². The third kappa shape index (κ3) is 4.23. The Morgan fingerprint density at radius 1 is 1.41 bits per heavy atom. The molecule has 1 aliphatic carbocycles. The van der Waals surface area contributed by atoms with Crippen molar-refractivity contribution in [1.29, 1.82) is 0 Å². The standard InChI is InChI=1S/C18H26N2O2/c1-13-3-6-17-16(9-13)12-20(11-14(2)22-17)8-7-18(21)19-10-15-4-5-15/h3,6,9,14-15H,4-5,7-8,10-12H2,1-2H3,(H,19,21)/t14-/m1/s1. The number of fused-ring (bicyclic) bond motifs is 1. The Kier molecular flexibility index (Phi) is 4.67. The van der Waals surface area contributed by atoms with Gasteiger partial charge in [-0.15, -0.1) is 0 Å². The SMILES string of the molecule is Cc1ccc2c(c1)CN(CCC(=O)NCC1CC1)C[C@@H](C)O2. The summed E-state index contributed by atoms with van der Waals surface area (Å²) in [5, 5.41) is 3.04. The normalized spacial score (nSPS) is 21.6. The molecule has 1 N–H and O–H groups in total. The summed E-state index contributed by atoms with van der Waals surface area (Å²) in [6, 6.07) is 6.34. The third-order valence-corrected chi connectivity index (χ3v) is 4.39. The zero-order valence-electron chi connectivity index (χ0n) is 13.6. The van der Waals surface area contributed by atoms with Crippen LogP contribution in [0.15, 0.2) is 18.2 Å². The molecule has 1 amide bonds. The van der Waals surface area contributed by atoms with Gasteiger partial charge in [-0.1, -0.05) is 17.7 Å². The van der Waals surface area contributed by atoms with Crippen molar-refractivity contribution in [2.75, 3.05) is 19.6 Å². The Morgan fingerprint density at radius 2 is 2.23 bits per heavy atom. The number of carbonyl (C=O) groups excluding carboxylic acids is 1. The van der Waals surface area contributed by atoms with Gasteiger partial charge in [-0.2, -0.15) is 0 Å². The lowest BCUT2D eigenvalue weighted by molar-refractivity contribution is -0.121. The zero-order chi connectivity index (χ0) is 15.5. The lowest BCUT2D eigenvalue weighted by Crippen LogP contribution is -2.35. The summed E-state index contributed by atoms with van der Waals surface area (Å²) in [5.41, 5.74) is 2.47. The molecule has 0 aromatic heterocycles. The fourth-order valence-corrected chi connectivity index (χ4v) is 2.97. The Balaban J connectivity index is 1.55. The van der Waals surface area contributed by atoms with Gasteiger partial charge in [0.25, 0.3) is 0 Å². The largest absolute Gasteiger partial charge is 0.489 e. The van der Waals surface area contributed by atoms with Gasteiger partial charge in [-0.05, 0) is 38.7 Å². The molecule has 120 valence electrons. The average Bonchev–Trinajstić information content (AvgIpc) is 3.29. The predicted octanol–water partition coefficient (Wildman–Crippen LogP) is 2.49. The fourth-order valence-electron chi connectivity index (χ4n) is 2.97. The van der Waals surface area contributed by atoms with E-state index in [1.54, 1.807) is 0 Å². The number of benzene rings is 1. The molecular formula is C18H26N2O2. The van der Waals surface area contributed by atoms with Crippen molar-refractivity contribution in [3.8, 4) is 5.75 Å². The number of aryl methyl sites for hydroxylation is 1. The van der Waals surface area contributed by atoms with Gasteiger partial charge >= 0.3 is 0 Å². The van der Waals surface area contributed by atoms with E-state index < -0.39 is 0 Å². The van der Waals surface area contributed by atoms with E-state index in [0.717, 1.165) is 37.8 Å². The summed E-state index contributed by atoms with van der Waals surface area (Å²) in [5.74, 6) is 1.90. The van der Waals surface area contributed by atoms with Crippen molar-refractivity contribution in [2.45, 2.75) is 45.8 Å². The van der Waals surface area contributed by atoms with Crippen LogP contribution in [0, 0.1) is 12.8 Å². The predicted molar refractivity (Wildman–Crippen MR) is 86.9 cm³/mol. The maximum atomic E-state index is 11.9. The molecule has 4 heteroatoms. The quantitative estimate of drug-likeness (QED) is 0.908. The minimum absolute atomic E-state index is 0.151. The molecule has 0 spiro atoms. The van der Waals surface area contributed by atoms with Crippen molar-refractivity contribution in [3.05, 3.63) is 29.3 Å². The van der Waals surface area contributed by atoms with Crippen LogP contribution in [0.4, 0.5) is 0 Å². The highest BCUT2D eigenvalue weighted by molar-refractivity contribution is 5.76. The van der Waals surface area contributed by atoms with Gasteiger partial charge in [0.1, 0.15) is 11.9 Å². The van der Waals surface area contributed by atoms with Gasteiger partial charge in [0, 0.05) is 38.2 Å². The molecular weight excluding hydrogens is 276 g/mol. The van der Waals surface area contributed by atoms with Gasteiger partial charge in [0.05, 0.1) is 0 Å². The molecule has 0 bridgehead atoms. The molecule has 1 heterocycles. The second-order valence-corrected chi connectivity index (χ2v) is 6.77. The van der Waals surface area contributed by atoms with E-state index in [0.29, 0.717) is 6.42 Å². The third-order valence-electron chi connectivity index (χ3n) is 4.39. The Bertz CT molecular complexity index is 540. The number of ether oxygens (including phenoxy) is 1. The maximum Gasteiger partial charge on any atom is 0.221 e. The molecule has 2 aliphatic rings. The maximum absolute atomic E-state index is 11.9. The van der Waals surface area contributed by atoms with Crippen LogP contribution in [0.1, 0.15) is 37.3 Å². The van der Waals surface area contributed by atoms with E-state index >= 15 is 0 Å².